The molecule has 7 heteroatoms. The topological polar surface area (TPSA) is 64.7 Å². The third-order valence-corrected chi connectivity index (χ3v) is 3.05. The number of aromatic nitrogens is 4. The molecule has 0 spiro atoms. The van der Waals surface area contributed by atoms with Gasteiger partial charge in [-0.05, 0) is 28.4 Å². The Morgan fingerprint density at radius 1 is 1.53 bits per heavy atom. The second kappa shape index (κ2) is 6.01. The first kappa shape index (κ1) is 13.8. The van der Waals surface area contributed by atoms with E-state index in [0.29, 0.717) is 18.1 Å². The Balaban J connectivity index is 2.03. The lowest BCUT2D eigenvalue weighted by atomic mass is 10.3. The number of rotatable bonds is 5. The standard InChI is InChI=1S/C12H16BrN5O/c1-3-4-18-7-9(13)5-10(18)12(19)14-6-11-15-8-17(2)16-11/h5,7-8H,3-4,6H2,1-2H3,(H,14,19). The number of hydrogen-bond donors (Lipinski definition) is 1. The van der Waals surface area contributed by atoms with Crippen LogP contribution in [0.15, 0.2) is 23.1 Å². The molecule has 1 N–H and O–H groups in total. The van der Waals surface area contributed by atoms with Crippen LogP contribution in [0.5, 0.6) is 0 Å². The van der Waals surface area contributed by atoms with Gasteiger partial charge in [-0.3, -0.25) is 9.48 Å². The maximum atomic E-state index is 12.1. The normalized spacial score (nSPS) is 10.7. The summed E-state index contributed by atoms with van der Waals surface area (Å²) in [5.74, 6) is 0.482. The second-order valence-corrected chi connectivity index (χ2v) is 5.17. The summed E-state index contributed by atoms with van der Waals surface area (Å²) in [6.07, 6.45) is 4.50. The van der Waals surface area contributed by atoms with Crippen molar-refractivity contribution >= 4 is 21.8 Å². The van der Waals surface area contributed by atoms with E-state index < -0.39 is 0 Å². The van der Waals surface area contributed by atoms with E-state index >= 15 is 0 Å². The van der Waals surface area contributed by atoms with Gasteiger partial charge in [0.1, 0.15) is 12.0 Å². The Morgan fingerprint density at radius 2 is 2.32 bits per heavy atom. The van der Waals surface area contributed by atoms with Gasteiger partial charge in [-0.15, -0.1) is 0 Å². The molecule has 0 aliphatic heterocycles. The van der Waals surface area contributed by atoms with Crippen LogP contribution in [-0.4, -0.2) is 25.2 Å². The molecule has 2 aromatic heterocycles. The largest absolute Gasteiger partial charge is 0.343 e. The van der Waals surface area contributed by atoms with Crippen molar-refractivity contribution in [3.8, 4) is 0 Å². The molecule has 2 rings (SSSR count). The molecular formula is C12H16BrN5O. The number of carbonyl (C=O) groups excluding carboxylic acids is 1. The number of carbonyl (C=O) groups is 1. The molecule has 19 heavy (non-hydrogen) atoms. The summed E-state index contributed by atoms with van der Waals surface area (Å²) in [6, 6.07) is 1.82. The van der Waals surface area contributed by atoms with Gasteiger partial charge in [0.05, 0.1) is 6.54 Å². The van der Waals surface area contributed by atoms with Gasteiger partial charge in [0.15, 0.2) is 5.82 Å². The van der Waals surface area contributed by atoms with Gasteiger partial charge < -0.3 is 9.88 Å². The number of aryl methyl sites for hydroxylation is 2. The van der Waals surface area contributed by atoms with E-state index in [0.717, 1.165) is 17.4 Å². The van der Waals surface area contributed by atoms with Crippen LogP contribution in [0.1, 0.15) is 29.7 Å². The van der Waals surface area contributed by atoms with Crippen molar-refractivity contribution < 1.29 is 4.79 Å². The van der Waals surface area contributed by atoms with E-state index in [1.807, 2.05) is 16.8 Å². The molecule has 2 heterocycles. The van der Waals surface area contributed by atoms with E-state index in [1.165, 1.54) is 0 Å². The Labute approximate surface area is 120 Å². The number of hydrogen-bond acceptors (Lipinski definition) is 3. The van der Waals surface area contributed by atoms with Crippen molar-refractivity contribution in [3.05, 3.63) is 34.6 Å². The van der Waals surface area contributed by atoms with Gasteiger partial charge in [-0.25, -0.2) is 4.98 Å². The molecule has 0 saturated heterocycles. The highest BCUT2D eigenvalue weighted by Gasteiger charge is 2.13. The highest BCUT2D eigenvalue weighted by molar-refractivity contribution is 9.10. The van der Waals surface area contributed by atoms with Crippen LogP contribution in [-0.2, 0) is 20.1 Å². The Morgan fingerprint density at radius 3 is 2.95 bits per heavy atom. The van der Waals surface area contributed by atoms with Gasteiger partial charge in [0.2, 0.25) is 0 Å². The average molecular weight is 326 g/mol. The first-order valence-corrected chi connectivity index (χ1v) is 6.88. The molecular weight excluding hydrogens is 310 g/mol. The maximum Gasteiger partial charge on any atom is 0.268 e. The summed E-state index contributed by atoms with van der Waals surface area (Å²) in [5.41, 5.74) is 0.643. The zero-order valence-corrected chi connectivity index (χ0v) is 12.5. The minimum atomic E-state index is -0.119. The molecule has 2 aromatic rings. The number of amides is 1. The molecule has 0 aliphatic carbocycles. The third-order valence-electron chi connectivity index (χ3n) is 2.61. The number of nitrogens with one attached hydrogen (secondary N) is 1. The maximum absolute atomic E-state index is 12.1. The molecule has 6 nitrogen and oxygen atoms in total. The monoisotopic (exact) mass is 325 g/mol. The highest BCUT2D eigenvalue weighted by Crippen LogP contribution is 2.15. The summed E-state index contributed by atoms with van der Waals surface area (Å²) < 4.78 is 4.45. The minimum absolute atomic E-state index is 0.119. The van der Waals surface area contributed by atoms with E-state index in [9.17, 15) is 4.79 Å². The fourth-order valence-electron chi connectivity index (χ4n) is 1.81. The molecule has 0 aromatic carbocycles. The molecule has 0 aliphatic rings. The summed E-state index contributed by atoms with van der Waals surface area (Å²) >= 11 is 3.39. The summed E-state index contributed by atoms with van der Waals surface area (Å²) in [5, 5.41) is 6.94. The first-order valence-electron chi connectivity index (χ1n) is 6.08. The van der Waals surface area contributed by atoms with Gasteiger partial charge >= 0.3 is 0 Å². The highest BCUT2D eigenvalue weighted by atomic mass is 79.9. The minimum Gasteiger partial charge on any atom is -0.343 e. The fraction of sp³-hybridized carbons (Fsp3) is 0.417. The molecule has 0 bridgehead atoms. The lowest BCUT2D eigenvalue weighted by Gasteiger charge is -2.07. The van der Waals surface area contributed by atoms with Crippen molar-refractivity contribution in [1.29, 1.82) is 0 Å². The van der Waals surface area contributed by atoms with Crippen LogP contribution in [0.4, 0.5) is 0 Å². The number of nitrogens with zero attached hydrogens (tertiary/aromatic N) is 4. The van der Waals surface area contributed by atoms with Crippen molar-refractivity contribution in [1.82, 2.24) is 24.6 Å². The third kappa shape index (κ3) is 3.44. The van der Waals surface area contributed by atoms with Crippen molar-refractivity contribution in [2.24, 2.45) is 7.05 Å². The quantitative estimate of drug-likeness (QED) is 0.910. The zero-order chi connectivity index (χ0) is 13.8. The summed E-state index contributed by atoms with van der Waals surface area (Å²) in [6.45, 7) is 3.22. The molecule has 0 saturated carbocycles. The predicted octanol–water partition coefficient (Wildman–Crippen LogP) is 1.72. The molecule has 102 valence electrons. The van der Waals surface area contributed by atoms with Crippen LogP contribution in [0, 0.1) is 0 Å². The van der Waals surface area contributed by atoms with Crippen LogP contribution >= 0.6 is 15.9 Å². The van der Waals surface area contributed by atoms with Crippen molar-refractivity contribution in [2.45, 2.75) is 26.4 Å². The lowest BCUT2D eigenvalue weighted by Crippen LogP contribution is -2.26. The van der Waals surface area contributed by atoms with Crippen LogP contribution < -0.4 is 5.32 Å². The van der Waals surface area contributed by atoms with Gasteiger partial charge in [0.25, 0.3) is 5.91 Å². The Hall–Kier alpha value is -1.63. The van der Waals surface area contributed by atoms with Gasteiger partial charge in [-0.2, -0.15) is 5.10 Å². The second-order valence-electron chi connectivity index (χ2n) is 4.25. The van der Waals surface area contributed by atoms with E-state index in [4.69, 9.17) is 0 Å². The summed E-state index contributed by atoms with van der Waals surface area (Å²) in [4.78, 5) is 16.2. The first-order chi connectivity index (χ1) is 9.10. The SMILES string of the molecule is CCCn1cc(Br)cc1C(=O)NCc1ncn(C)n1. The van der Waals surface area contributed by atoms with Crippen LogP contribution in [0.3, 0.4) is 0 Å². The van der Waals surface area contributed by atoms with Crippen molar-refractivity contribution in [2.75, 3.05) is 0 Å². The molecule has 0 atom stereocenters. The molecule has 0 unspecified atom stereocenters. The van der Waals surface area contributed by atoms with E-state index in [2.05, 4.69) is 38.3 Å². The molecule has 0 radical (unpaired) electrons. The van der Waals surface area contributed by atoms with Crippen molar-refractivity contribution in [3.63, 3.8) is 0 Å². The fourth-order valence-corrected chi connectivity index (χ4v) is 2.27. The van der Waals surface area contributed by atoms with Crippen LogP contribution in [0.2, 0.25) is 0 Å². The van der Waals surface area contributed by atoms with E-state index in [-0.39, 0.29) is 5.91 Å². The van der Waals surface area contributed by atoms with Crippen LogP contribution in [0.25, 0.3) is 0 Å². The molecule has 0 fully saturated rings. The zero-order valence-electron chi connectivity index (χ0n) is 10.9. The lowest BCUT2D eigenvalue weighted by molar-refractivity contribution is 0.0940. The predicted molar refractivity (Wildman–Crippen MR) is 74.6 cm³/mol. The number of halogens is 1. The van der Waals surface area contributed by atoms with Gasteiger partial charge in [-0.1, -0.05) is 6.92 Å². The molecule has 1 amide bonds. The Kier molecular flexibility index (Phi) is 4.36. The van der Waals surface area contributed by atoms with Gasteiger partial charge in [0, 0.05) is 24.3 Å². The average Bonchev–Trinajstić information content (AvgIpc) is 2.93. The van der Waals surface area contributed by atoms with E-state index in [1.54, 1.807) is 18.1 Å². The summed E-state index contributed by atoms with van der Waals surface area (Å²) in [7, 11) is 1.79. The smallest absolute Gasteiger partial charge is 0.268 e. The Bertz CT molecular complexity index is 574.